The van der Waals surface area contributed by atoms with E-state index in [1.165, 1.54) is 7.11 Å². The molecule has 0 aliphatic carbocycles. The summed E-state index contributed by atoms with van der Waals surface area (Å²) in [4.78, 5) is 27.6. The van der Waals surface area contributed by atoms with Crippen LogP contribution in [0, 0.1) is 0 Å². The van der Waals surface area contributed by atoms with Gasteiger partial charge < -0.3 is 15.4 Å². The fourth-order valence-electron chi connectivity index (χ4n) is 1.83. The molecule has 1 aromatic carbocycles. The average Bonchev–Trinajstić information content (AvgIpc) is 2.60. The van der Waals surface area contributed by atoms with Crippen molar-refractivity contribution in [1.82, 2.24) is 4.98 Å². The Labute approximate surface area is 134 Å². The van der Waals surface area contributed by atoms with Gasteiger partial charge in [0.15, 0.2) is 0 Å². The molecular weight excluding hydrogens is 294 g/mol. The van der Waals surface area contributed by atoms with E-state index in [9.17, 15) is 9.59 Å². The minimum Gasteiger partial charge on any atom is -0.465 e. The summed E-state index contributed by atoms with van der Waals surface area (Å²) in [5.41, 5.74) is 2.09. The van der Waals surface area contributed by atoms with Crippen molar-refractivity contribution in [3.63, 3.8) is 0 Å². The Hall–Kier alpha value is -3.15. The van der Waals surface area contributed by atoms with Crippen LogP contribution in [0.25, 0.3) is 0 Å². The second-order valence-electron chi connectivity index (χ2n) is 4.62. The van der Waals surface area contributed by atoms with Gasteiger partial charge in [-0.2, -0.15) is 0 Å². The molecule has 6 heteroatoms. The van der Waals surface area contributed by atoms with Crippen LogP contribution in [0.5, 0.6) is 0 Å². The summed E-state index contributed by atoms with van der Waals surface area (Å²) in [6.07, 6.45) is 3.32. The normalized spacial score (nSPS) is 9.78. The number of rotatable bonds is 6. The van der Waals surface area contributed by atoms with Gasteiger partial charge in [-0.1, -0.05) is 6.08 Å². The summed E-state index contributed by atoms with van der Waals surface area (Å²) < 4.78 is 4.62. The standard InChI is InChI=1S/C17H17N3O3/c1-3-10-18-14-8-9-15(19-11-14)16(21)20-13-6-4-12(5-7-13)17(22)23-2/h3-9,11,18H,1,10H2,2H3,(H,20,21). The summed E-state index contributed by atoms with van der Waals surface area (Å²) in [5, 5.41) is 5.79. The van der Waals surface area contributed by atoms with Crippen molar-refractivity contribution in [3.8, 4) is 0 Å². The molecule has 118 valence electrons. The predicted molar refractivity (Wildman–Crippen MR) is 88.7 cm³/mol. The van der Waals surface area contributed by atoms with E-state index in [2.05, 4.69) is 26.9 Å². The minimum absolute atomic E-state index is 0.297. The van der Waals surface area contributed by atoms with Gasteiger partial charge in [0.1, 0.15) is 5.69 Å². The number of nitrogens with zero attached hydrogens (tertiary/aromatic N) is 1. The number of anilines is 2. The highest BCUT2D eigenvalue weighted by Crippen LogP contribution is 2.12. The van der Waals surface area contributed by atoms with Gasteiger partial charge in [-0.15, -0.1) is 6.58 Å². The summed E-state index contributed by atoms with van der Waals surface area (Å²) in [5.74, 6) is -0.752. The lowest BCUT2D eigenvalue weighted by atomic mass is 10.2. The Morgan fingerprint density at radius 2 is 1.87 bits per heavy atom. The molecule has 0 unspecified atom stereocenters. The number of carbonyl (C=O) groups excluding carboxylic acids is 2. The molecule has 0 radical (unpaired) electrons. The van der Waals surface area contributed by atoms with Crippen LogP contribution in [-0.4, -0.2) is 30.5 Å². The van der Waals surface area contributed by atoms with E-state index in [0.29, 0.717) is 23.5 Å². The van der Waals surface area contributed by atoms with Crippen molar-refractivity contribution in [2.45, 2.75) is 0 Å². The molecule has 23 heavy (non-hydrogen) atoms. The van der Waals surface area contributed by atoms with Crippen LogP contribution >= 0.6 is 0 Å². The zero-order valence-corrected chi connectivity index (χ0v) is 12.7. The number of methoxy groups -OCH3 is 1. The molecule has 0 spiro atoms. The van der Waals surface area contributed by atoms with Gasteiger partial charge in [0.25, 0.3) is 5.91 Å². The topological polar surface area (TPSA) is 80.3 Å². The van der Waals surface area contributed by atoms with E-state index in [-0.39, 0.29) is 5.91 Å². The molecular formula is C17H17N3O3. The molecule has 2 N–H and O–H groups in total. The molecule has 0 atom stereocenters. The number of hydrogen-bond donors (Lipinski definition) is 2. The lowest BCUT2D eigenvalue weighted by Crippen LogP contribution is -2.14. The van der Waals surface area contributed by atoms with Crippen LogP contribution in [0.4, 0.5) is 11.4 Å². The van der Waals surface area contributed by atoms with Crippen LogP contribution in [0.3, 0.4) is 0 Å². The van der Waals surface area contributed by atoms with E-state index in [1.54, 1.807) is 48.7 Å². The van der Waals surface area contributed by atoms with E-state index in [4.69, 9.17) is 0 Å². The third-order valence-corrected chi connectivity index (χ3v) is 3.01. The minimum atomic E-state index is -0.424. The molecule has 1 aromatic heterocycles. The molecule has 0 aliphatic rings. The predicted octanol–water partition coefficient (Wildman–Crippen LogP) is 2.72. The third kappa shape index (κ3) is 4.41. The van der Waals surface area contributed by atoms with Gasteiger partial charge in [-0.25, -0.2) is 9.78 Å². The summed E-state index contributed by atoms with van der Waals surface area (Å²) in [7, 11) is 1.32. The highest BCUT2D eigenvalue weighted by atomic mass is 16.5. The highest BCUT2D eigenvalue weighted by Gasteiger charge is 2.09. The number of carbonyl (C=O) groups is 2. The lowest BCUT2D eigenvalue weighted by Gasteiger charge is -2.07. The van der Waals surface area contributed by atoms with Gasteiger partial charge in [0, 0.05) is 12.2 Å². The van der Waals surface area contributed by atoms with Crippen LogP contribution in [0.15, 0.2) is 55.3 Å². The molecule has 2 aromatic rings. The maximum absolute atomic E-state index is 12.1. The van der Waals surface area contributed by atoms with E-state index >= 15 is 0 Å². The smallest absolute Gasteiger partial charge is 0.337 e. The first-order valence-electron chi connectivity index (χ1n) is 6.94. The van der Waals surface area contributed by atoms with E-state index in [1.807, 2.05) is 0 Å². The van der Waals surface area contributed by atoms with Crippen molar-refractivity contribution in [1.29, 1.82) is 0 Å². The number of ether oxygens (including phenoxy) is 1. The van der Waals surface area contributed by atoms with Gasteiger partial charge in [-0.05, 0) is 36.4 Å². The largest absolute Gasteiger partial charge is 0.465 e. The fourth-order valence-corrected chi connectivity index (χ4v) is 1.83. The maximum atomic E-state index is 12.1. The molecule has 0 bridgehead atoms. The number of amides is 1. The van der Waals surface area contributed by atoms with Crippen LogP contribution in [-0.2, 0) is 4.74 Å². The first-order chi connectivity index (χ1) is 11.1. The molecule has 0 fully saturated rings. The third-order valence-electron chi connectivity index (χ3n) is 3.01. The quantitative estimate of drug-likeness (QED) is 0.633. The van der Waals surface area contributed by atoms with Crippen LogP contribution in [0.1, 0.15) is 20.8 Å². The van der Waals surface area contributed by atoms with Gasteiger partial charge in [0.2, 0.25) is 0 Å². The SMILES string of the molecule is C=CCNc1ccc(C(=O)Nc2ccc(C(=O)OC)cc2)nc1. The van der Waals surface area contributed by atoms with Gasteiger partial charge >= 0.3 is 5.97 Å². The van der Waals surface area contributed by atoms with Crippen molar-refractivity contribution < 1.29 is 14.3 Å². The second kappa shape index (κ2) is 7.74. The van der Waals surface area contributed by atoms with Gasteiger partial charge in [0.05, 0.1) is 24.6 Å². The van der Waals surface area contributed by atoms with E-state index < -0.39 is 5.97 Å². The fraction of sp³-hybridized carbons (Fsp3) is 0.118. The number of pyridine rings is 1. The molecule has 2 rings (SSSR count). The molecule has 0 aliphatic heterocycles. The average molecular weight is 311 g/mol. The van der Waals surface area contributed by atoms with Crippen molar-refractivity contribution in [2.24, 2.45) is 0 Å². The number of nitrogens with one attached hydrogen (secondary N) is 2. The highest BCUT2D eigenvalue weighted by molar-refractivity contribution is 6.03. The van der Waals surface area contributed by atoms with Crippen molar-refractivity contribution in [2.75, 3.05) is 24.3 Å². The Balaban J connectivity index is 2.01. The van der Waals surface area contributed by atoms with Crippen molar-refractivity contribution in [3.05, 3.63) is 66.5 Å². The van der Waals surface area contributed by atoms with Crippen molar-refractivity contribution >= 4 is 23.3 Å². The Morgan fingerprint density at radius 3 is 2.43 bits per heavy atom. The van der Waals surface area contributed by atoms with Crippen LogP contribution in [0.2, 0.25) is 0 Å². The first kappa shape index (κ1) is 16.2. The van der Waals surface area contributed by atoms with Gasteiger partial charge in [-0.3, -0.25) is 4.79 Å². The zero-order chi connectivity index (χ0) is 16.7. The summed E-state index contributed by atoms with van der Waals surface area (Å²) in [6.45, 7) is 4.24. The second-order valence-corrected chi connectivity index (χ2v) is 4.62. The molecule has 6 nitrogen and oxygen atoms in total. The number of aromatic nitrogens is 1. The van der Waals surface area contributed by atoms with E-state index in [0.717, 1.165) is 5.69 Å². The molecule has 1 amide bonds. The monoisotopic (exact) mass is 311 g/mol. The number of esters is 1. The maximum Gasteiger partial charge on any atom is 0.337 e. The number of benzene rings is 1. The first-order valence-corrected chi connectivity index (χ1v) is 6.94. The zero-order valence-electron chi connectivity index (χ0n) is 12.7. The summed E-state index contributed by atoms with van der Waals surface area (Å²) >= 11 is 0. The Kier molecular flexibility index (Phi) is 5.46. The molecule has 0 saturated carbocycles. The molecule has 1 heterocycles. The molecule has 0 saturated heterocycles. The summed E-state index contributed by atoms with van der Waals surface area (Å²) in [6, 6.07) is 9.82. The number of hydrogen-bond acceptors (Lipinski definition) is 5. The Bertz CT molecular complexity index is 694. The van der Waals surface area contributed by atoms with Crippen LogP contribution < -0.4 is 10.6 Å². The lowest BCUT2D eigenvalue weighted by molar-refractivity contribution is 0.0600. The Morgan fingerprint density at radius 1 is 1.17 bits per heavy atom.